The Balaban J connectivity index is 2.96. The summed E-state index contributed by atoms with van der Waals surface area (Å²) in [6.45, 7) is 4.45. The van der Waals surface area contributed by atoms with Crippen LogP contribution in [-0.4, -0.2) is 14.1 Å². The maximum absolute atomic E-state index is 2.31. The van der Waals surface area contributed by atoms with Gasteiger partial charge in [-0.15, -0.1) is 5.67 Å². The summed E-state index contributed by atoms with van der Waals surface area (Å²) in [6.07, 6.45) is 0. The molecule has 1 aromatic rings. The zero-order valence-electron chi connectivity index (χ0n) is 6.46. The van der Waals surface area contributed by atoms with E-state index in [1.165, 1.54) is 5.19 Å². The van der Waals surface area contributed by atoms with Gasteiger partial charge in [-0.2, -0.15) is 0 Å². The van der Waals surface area contributed by atoms with E-state index in [9.17, 15) is 0 Å². The molecule has 1 aromatic carbocycles. The molecule has 10 heavy (non-hydrogen) atoms. The molecule has 0 spiro atoms. The predicted molar refractivity (Wildman–Crippen MR) is 49.4 cm³/mol. The Hall–Kier alpha value is -0.693. The van der Waals surface area contributed by atoms with Crippen molar-refractivity contribution in [1.29, 1.82) is 0 Å². The second-order valence-electron chi connectivity index (χ2n) is 2.34. The molecule has 0 radical (unpaired) electrons. The van der Waals surface area contributed by atoms with E-state index in [4.69, 9.17) is 0 Å². The zero-order chi connectivity index (χ0) is 7.40. The average molecular weight is 148 g/mol. The number of benzene rings is 1. The van der Waals surface area contributed by atoms with Crippen LogP contribution in [-0.2, 0) is 0 Å². The van der Waals surface area contributed by atoms with Crippen LogP contribution in [0.4, 0.5) is 0 Å². The summed E-state index contributed by atoms with van der Waals surface area (Å²) in [5.41, 5.74) is 2.31. The fourth-order valence-electron chi connectivity index (χ4n) is 0.868. The lowest BCUT2D eigenvalue weighted by Gasteiger charge is -1.95. The topological polar surface area (TPSA) is 0 Å². The summed E-state index contributed by atoms with van der Waals surface area (Å²) >= 11 is 0. The van der Waals surface area contributed by atoms with E-state index in [1.807, 2.05) is 0 Å². The minimum Gasteiger partial charge on any atom is -0.103 e. The quantitative estimate of drug-likeness (QED) is 0.528. The van der Waals surface area contributed by atoms with Crippen molar-refractivity contribution >= 4 is 19.3 Å². The van der Waals surface area contributed by atoms with E-state index in [2.05, 4.69) is 49.5 Å². The van der Waals surface area contributed by atoms with Gasteiger partial charge >= 0.3 is 0 Å². The highest BCUT2D eigenvalue weighted by Gasteiger charge is 1.90. The van der Waals surface area contributed by atoms with Gasteiger partial charge < -0.3 is 0 Å². The molecule has 0 aliphatic carbocycles. The molecule has 0 saturated heterocycles. The molecule has 0 fully saturated rings. The van der Waals surface area contributed by atoms with Crippen LogP contribution in [0, 0.1) is 0 Å². The van der Waals surface area contributed by atoms with E-state index in [0.717, 1.165) is 0 Å². The molecule has 1 heteroatoms. The Morgan fingerprint density at radius 2 is 1.80 bits per heavy atom. The molecule has 0 N–H and O–H groups in total. The largest absolute Gasteiger partial charge is 0.103 e. The van der Waals surface area contributed by atoms with Gasteiger partial charge in [-0.3, -0.25) is 0 Å². The van der Waals surface area contributed by atoms with Crippen molar-refractivity contribution in [2.45, 2.75) is 13.5 Å². The molecular weight excluding hydrogens is 136 g/mol. The Morgan fingerprint density at radius 3 is 2.30 bits per heavy atom. The first-order valence-electron chi connectivity index (χ1n) is 3.53. The average Bonchev–Trinajstić information content (AvgIpc) is 2.05. The van der Waals surface area contributed by atoms with Crippen LogP contribution in [0.3, 0.4) is 0 Å². The lowest BCUT2D eigenvalue weighted by Crippen LogP contribution is -2.18. The number of rotatable bonds is 1. The lowest BCUT2D eigenvalue weighted by molar-refractivity contribution is 1.76. The third-order valence-electron chi connectivity index (χ3n) is 1.66. The maximum Gasteiger partial charge on any atom is 0.0381 e. The molecule has 0 heterocycles. The highest BCUT2D eigenvalue weighted by Crippen LogP contribution is 1.82. The van der Waals surface area contributed by atoms with Gasteiger partial charge in [0.15, 0.2) is 0 Å². The monoisotopic (exact) mass is 148 g/mol. The van der Waals surface area contributed by atoms with E-state index in [-0.39, 0.29) is 8.41 Å². The van der Waals surface area contributed by atoms with Crippen LogP contribution < -0.4 is 5.19 Å². The molecule has 0 aliphatic heterocycles. The van der Waals surface area contributed by atoms with E-state index in [0.29, 0.717) is 0 Å². The van der Waals surface area contributed by atoms with Gasteiger partial charge in [0.1, 0.15) is 0 Å². The molecule has 0 aromatic heterocycles. The van der Waals surface area contributed by atoms with Crippen LogP contribution in [0.15, 0.2) is 30.3 Å². The normalized spacial score (nSPS) is 11.6. The minimum absolute atomic E-state index is 0.332. The Labute approximate surface area is 63.7 Å². The predicted octanol–water partition coefficient (Wildman–Crippen LogP) is 1.42. The molecule has 52 valence electrons. The first-order chi connectivity index (χ1) is 4.84. The van der Waals surface area contributed by atoms with E-state index in [1.54, 1.807) is 0 Å². The molecule has 0 bridgehead atoms. The summed E-state index contributed by atoms with van der Waals surface area (Å²) in [7, 11) is -0.332. The molecule has 0 atom stereocenters. The van der Waals surface area contributed by atoms with Gasteiger partial charge in [-0.05, 0) is 5.19 Å². The molecular formula is C9H12Si. The maximum atomic E-state index is 2.31. The second kappa shape index (κ2) is 3.47. The van der Waals surface area contributed by atoms with Crippen LogP contribution in [0.5, 0.6) is 0 Å². The van der Waals surface area contributed by atoms with Gasteiger partial charge in [-0.1, -0.05) is 43.8 Å². The standard InChI is InChI=1S/C9H12Si/c1-3-10(2)9-7-5-4-6-8-9/h3-8H,1-2H3. The fourth-order valence-corrected chi connectivity index (χ4v) is 1.92. The zero-order valence-corrected chi connectivity index (χ0v) is 7.46. The van der Waals surface area contributed by atoms with Gasteiger partial charge in [0.05, 0.1) is 0 Å². The third kappa shape index (κ3) is 1.64. The van der Waals surface area contributed by atoms with Crippen LogP contribution in [0.2, 0.25) is 6.55 Å². The first-order valence-corrected chi connectivity index (χ1v) is 5.60. The highest BCUT2D eigenvalue weighted by atomic mass is 28.2. The van der Waals surface area contributed by atoms with Crippen molar-refractivity contribution in [2.75, 3.05) is 0 Å². The summed E-state index contributed by atoms with van der Waals surface area (Å²) in [6, 6.07) is 10.7. The number of hydrogen-bond donors (Lipinski definition) is 0. The van der Waals surface area contributed by atoms with Crippen LogP contribution in [0.1, 0.15) is 6.92 Å². The number of hydrogen-bond acceptors (Lipinski definition) is 0. The van der Waals surface area contributed by atoms with Crippen LogP contribution in [0.25, 0.3) is 0 Å². The van der Waals surface area contributed by atoms with Crippen molar-refractivity contribution in [3.8, 4) is 0 Å². The molecule has 0 saturated carbocycles. The molecule has 0 amide bonds. The summed E-state index contributed by atoms with van der Waals surface area (Å²) < 4.78 is 0. The van der Waals surface area contributed by atoms with Crippen molar-refractivity contribution < 1.29 is 0 Å². The van der Waals surface area contributed by atoms with Crippen molar-refractivity contribution in [3.05, 3.63) is 30.3 Å². The third-order valence-corrected chi connectivity index (χ3v) is 3.77. The molecule has 0 aliphatic rings. The minimum atomic E-state index is -0.332. The van der Waals surface area contributed by atoms with Gasteiger partial charge in [-0.25, -0.2) is 0 Å². The summed E-state index contributed by atoms with van der Waals surface area (Å²) in [5, 5.41) is 1.50. The Kier molecular flexibility index (Phi) is 2.57. The molecule has 0 unspecified atom stereocenters. The van der Waals surface area contributed by atoms with E-state index < -0.39 is 0 Å². The van der Waals surface area contributed by atoms with Gasteiger partial charge in [0.25, 0.3) is 0 Å². The van der Waals surface area contributed by atoms with Gasteiger partial charge in [0, 0.05) is 8.41 Å². The summed E-state index contributed by atoms with van der Waals surface area (Å²) in [5.74, 6) is 0. The van der Waals surface area contributed by atoms with Crippen molar-refractivity contribution in [1.82, 2.24) is 0 Å². The Morgan fingerprint density at radius 1 is 1.20 bits per heavy atom. The lowest BCUT2D eigenvalue weighted by atomic mass is 10.4. The second-order valence-corrected chi connectivity index (χ2v) is 4.86. The smallest absolute Gasteiger partial charge is 0.0381 e. The van der Waals surface area contributed by atoms with Crippen molar-refractivity contribution in [3.63, 3.8) is 0 Å². The van der Waals surface area contributed by atoms with Crippen molar-refractivity contribution in [2.24, 2.45) is 0 Å². The SMILES string of the molecule is CC=[Si](C)c1ccccc1. The molecule has 0 nitrogen and oxygen atoms in total. The van der Waals surface area contributed by atoms with Crippen LogP contribution >= 0.6 is 0 Å². The summed E-state index contributed by atoms with van der Waals surface area (Å²) in [4.78, 5) is 0. The first kappa shape index (κ1) is 7.41. The Bertz CT molecular complexity index is 224. The molecule has 1 rings (SSSR count). The highest BCUT2D eigenvalue weighted by molar-refractivity contribution is 6.76. The van der Waals surface area contributed by atoms with E-state index >= 15 is 0 Å². The fraction of sp³-hybridized carbons (Fsp3) is 0.222. The van der Waals surface area contributed by atoms with Gasteiger partial charge in [0.2, 0.25) is 0 Å².